The fourth-order valence-electron chi connectivity index (χ4n) is 2.74. The number of hydrogen-bond acceptors (Lipinski definition) is 6. The van der Waals surface area contributed by atoms with Crippen molar-refractivity contribution in [1.29, 1.82) is 0 Å². The summed E-state index contributed by atoms with van der Waals surface area (Å²) in [4.78, 5) is 17.2. The van der Waals surface area contributed by atoms with Gasteiger partial charge in [0.05, 0.1) is 18.1 Å². The largest absolute Gasteiger partial charge is 0.383 e. The van der Waals surface area contributed by atoms with E-state index in [4.69, 9.17) is 0 Å². The molecule has 2 unspecified atom stereocenters. The molecule has 1 aromatic rings. The van der Waals surface area contributed by atoms with Crippen molar-refractivity contribution in [2.45, 2.75) is 38.3 Å². The van der Waals surface area contributed by atoms with Gasteiger partial charge in [-0.25, -0.2) is 13.4 Å². The van der Waals surface area contributed by atoms with Crippen molar-refractivity contribution in [3.8, 4) is 0 Å². The predicted octanol–water partition coefficient (Wildman–Crippen LogP) is 0.204. The van der Waals surface area contributed by atoms with Gasteiger partial charge in [0.25, 0.3) is 0 Å². The Bertz CT molecular complexity index is 745. The molecule has 0 aromatic carbocycles. The molecule has 2 heterocycles. The number of carbonyl (C=O) groups is 1. The molecule has 2 atom stereocenters. The van der Waals surface area contributed by atoms with Gasteiger partial charge >= 0.3 is 0 Å². The third-order valence-corrected chi connectivity index (χ3v) is 7.07. The van der Waals surface area contributed by atoms with Gasteiger partial charge in [-0.3, -0.25) is 4.79 Å². The Kier molecular flexibility index (Phi) is 7.63. The van der Waals surface area contributed by atoms with E-state index in [-0.39, 0.29) is 36.4 Å². The standard InChI is InChI=1S/C17H28N4O4S2/c1-3-18-16(20-12-17(2,23)14-5-4-9-26-14)19-8-6-15(22)21-13-7-10-27(24,25)11-13/h4-5,9,13,23H,3,6-8,10-12H2,1-2H3,(H,21,22)(H2,18,19,20). The number of nitrogens with zero attached hydrogens (tertiary/aromatic N) is 1. The minimum atomic E-state index is -3.00. The topological polar surface area (TPSA) is 120 Å². The maximum absolute atomic E-state index is 12.0. The second-order valence-corrected chi connectivity index (χ2v) is 9.97. The monoisotopic (exact) mass is 416 g/mol. The number of aliphatic imine (C=N–C) groups is 1. The van der Waals surface area contributed by atoms with Gasteiger partial charge in [0.15, 0.2) is 15.8 Å². The Labute approximate surface area is 164 Å². The fourth-order valence-corrected chi connectivity index (χ4v) is 5.19. The zero-order chi connectivity index (χ0) is 19.9. The highest BCUT2D eigenvalue weighted by Crippen LogP contribution is 2.25. The molecule has 4 N–H and O–H groups in total. The number of guanidine groups is 1. The van der Waals surface area contributed by atoms with Crippen LogP contribution in [0, 0.1) is 0 Å². The molecule has 1 amide bonds. The zero-order valence-electron chi connectivity index (χ0n) is 15.7. The number of hydrogen-bond donors (Lipinski definition) is 4. The quantitative estimate of drug-likeness (QED) is 0.355. The lowest BCUT2D eigenvalue weighted by atomic mass is 10.1. The molecule has 0 radical (unpaired) electrons. The predicted molar refractivity (Wildman–Crippen MR) is 108 cm³/mol. The summed E-state index contributed by atoms with van der Waals surface area (Å²) < 4.78 is 22.9. The van der Waals surface area contributed by atoms with Gasteiger partial charge in [0, 0.05) is 30.4 Å². The Hall–Kier alpha value is -1.65. The summed E-state index contributed by atoms with van der Waals surface area (Å²) in [5, 5.41) is 21.3. The number of thiophene rings is 1. The molecule has 0 aliphatic carbocycles. The van der Waals surface area contributed by atoms with E-state index in [0.29, 0.717) is 25.5 Å². The van der Waals surface area contributed by atoms with Crippen LogP contribution in [0.3, 0.4) is 0 Å². The number of sulfone groups is 1. The number of nitrogens with one attached hydrogen (secondary N) is 3. The lowest BCUT2D eigenvalue weighted by molar-refractivity contribution is -0.121. The highest BCUT2D eigenvalue weighted by Gasteiger charge is 2.28. The molecular formula is C17H28N4O4S2. The first-order valence-electron chi connectivity index (χ1n) is 9.00. The van der Waals surface area contributed by atoms with Crippen LogP contribution >= 0.6 is 11.3 Å². The van der Waals surface area contributed by atoms with Crippen LogP contribution in [0.2, 0.25) is 0 Å². The summed E-state index contributed by atoms with van der Waals surface area (Å²) in [5.74, 6) is 0.489. The average Bonchev–Trinajstić information content (AvgIpc) is 3.23. The van der Waals surface area contributed by atoms with Gasteiger partial charge in [-0.2, -0.15) is 0 Å². The van der Waals surface area contributed by atoms with E-state index in [9.17, 15) is 18.3 Å². The molecule has 2 rings (SSSR count). The van der Waals surface area contributed by atoms with Crippen molar-refractivity contribution < 1.29 is 18.3 Å². The lowest BCUT2D eigenvalue weighted by Gasteiger charge is -2.20. The lowest BCUT2D eigenvalue weighted by Crippen LogP contribution is -2.41. The molecule has 0 spiro atoms. The van der Waals surface area contributed by atoms with E-state index in [1.165, 1.54) is 11.3 Å². The molecule has 1 aliphatic heterocycles. The Morgan fingerprint density at radius 1 is 1.44 bits per heavy atom. The van der Waals surface area contributed by atoms with Gasteiger partial charge in [0.2, 0.25) is 5.91 Å². The molecule has 1 saturated heterocycles. The molecular weight excluding hydrogens is 388 g/mol. The average molecular weight is 417 g/mol. The van der Waals surface area contributed by atoms with Crippen LogP contribution in [0.15, 0.2) is 22.5 Å². The summed E-state index contributed by atoms with van der Waals surface area (Å²) in [5.41, 5.74) is -1.05. The summed E-state index contributed by atoms with van der Waals surface area (Å²) in [6.07, 6.45) is 0.686. The fraction of sp³-hybridized carbons (Fsp3) is 0.647. The highest BCUT2D eigenvalue weighted by molar-refractivity contribution is 7.91. The minimum Gasteiger partial charge on any atom is -0.383 e. The smallest absolute Gasteiger partial charge is 0.222 e. The van der Waals surface area contributed by atoms with Crippen LogP contribution in [0.5, 0.6) is 0 Å². The molecule has 0 saturated carbocycles. The maximum atomic E-state index is 12.0. The zero-order valence-corrected chi connectivity index (χ0v) is 17.3. The van der Waals surface area contributed by atoms with Crippen molar-refractivity contribution >= 4 is 33.0 Å². The van der Waals surface area contributed by atoms with Crippen molar-refractivity contribution in [1.82, 2.24) is 16.0 Å². The minimum absolute atomic E-state index is 0.0219. The third kappa shape index (κ3) is 7.11. The Morgan fingerprint density at radius 2 is 2.22 bits per heavy atom. The summed E-state index contributed by atoms with van der Waals surface area (Å²) in [6, 6.07) is 3.47. The highest BCUT2D eigenvalue weighted by atomic mass is 32.2. The molecule has 1 aromatic heterocycles. The van der Waals surface area contributed by atoms with Crippen LogP contribution in [0.1, 0.15) is 31.6 Å². The van der Waals surface area contributed by atoms with Crippen LogP contribution in [-0.4, -0.2) is 62.6 Å². The third-order valence-electron chi connectivity index (χ3n) is 4.18. The summed E-state index contributed by atoms with van der Waals surface area (Å²) in [7, 11) is -3.00. The first kappa shape index (κ1) is 21.6. The van der Waals surface area contributed by atoms with Crippen LogP contribution in [0.25, 0.3) is 0 Å². The van der Waals surface area contributed by atoms with Crippen LogP contribution in [-0.2, 0) is 20.2 Å². The van der Waals surface area contributed by atoms with Gasteiger partial charge in [-0.05, 0) is 31.7 Å². The normalized spacial score (nSPS) is 21.4. The molecule has 27 heavy (non-hydrogen) atoms. The van der Waals surface area contributed by atoms with Crippen molar-refractivity contribution in [3.05, 3.63) is 22.4 Å². The Balaban J connectivity index is 1.79. The number of aliphatic hydroxyl groups is 1. The van der Waals surface area contributed by atoms with E-state index < -0.39 is 15.4 Å². The van der Waals surface area contributed by atoms with Gasteiger partial charge in [-0.1, -0.05) is 6.07 Å². The molecule has 1 aliphatic rings. The molecule has 8 nitrogen and oxygen atoms in total. The molecule has 0 bridgehead atoms. The van der Waals surface area contributed by atoms with E-state index in [1.807, 2.05) is 24.4 Å². The maximum Gasteiger partial charge on any atom is 0.222 e. The van der Waals surface area contributed by atoms with Crippen molar-refractivity contribution in [2.24, 2.45) is 4.99 Å². The number of rotatable bonds is 8. The first-order valence-corrected chi connectivity index (χ1v) is 11.7. The van der Waals surface area contributed by atoms with Crippen LogP contribution < -0.4 is 16.0 Å². The van der Waals surface area contributed by atoms with Gasteiger partial charge in [0.1, 0.15) is 5.60 Å². The first-order chi connectivity index (χ1) is 12.7. The Morgan fingerprint density at radius 3 is 2.81 bits per heavy atom. The molecule has 1 fully saturated rings. The van der Waals surface area contributed by atoms with E-state index in [1.54, 1.807) is 6.92 Å². The van der Waals surface area contributed by atoms with Gasteiger partial charge < -0.3 is 21.1 Å². The SMILES string of the molecule is CCNC(=NCC(C)(O)c1cccs1)NCCC(=O)NC1CCS(=O)(=O)C1. The summed E-state index contributed by atoms with van der Waals surface area (Å²) >= 11 is 1.48. The molecule has 10 heteroatoms. The van der Waals surface area contributed by atoms with Gasteiger partial charge in [-0.15, -0.1) is 11.3 Å². The van der Waals surface area contributed by atoms with Crippen molar-refractivity contribution in [2.75, 3.05) is 31.1 Å². The number of carbonyl (C=O) groups excluding carboxylic acids is 1. The van der Waals surface area contributed by atoms with E-state index in [2.05, 4.69) is 20.9 Å². The second kappa shape index (κ2) is 9.52. The summed E-state index contributed by atoms with van der Waals surface area (Å²) in [6.45, 7) is 4.85. The van der Waals surface area contributed by atoms with Crippen LogP contribution in [0.4, 0.5) is 0 Å². The number of amides is 1. The second-order valence-electron chi connectivity index (χ2n) is 6.79. The van der Waals surface area contributed by atoms with Crippen molar-refractivity contribution in [3.63, 3.8) is 0 Å². The molecule has 152 valence electrons. The van der Waals surface area contributed by atoms with E-state index in [0.717, 1.165) is 4.88 Å². The van der Waals surface area contributed by atoms with E-state index >= 15 is 0 Å².